The summed E-state index contributed by atoms with van der Waals surface area (Å²) in [4.78, 5) is 7.12. The zero-order chi connectivity index (χ0) is 18.8. The van der Waals surface area contributed by atoms with Crippen molar-refractivity contribution in [1.82, 2.24) is 14.3 Å². The van der Waals surface area contributed by atoms with Gasteiger partial charge in [-0.1, -0.05) is 6.07 Å². The third-order valence-electron chi connectivity index (χ3n) is 4.75. The minimum atomic E-state index is 0.0266. The van der Waals surface area contributed by atoms with Gasteiger partial charge in [0.2, 0.25) is 0 Å². The maximum atomic E-state index is 6.17. The molecule has 0 amide bonds. The molecule has 0 saturated carbocycles. The first kappa shape index (κ1) is 18.5. The van der Waals surface area contributed by atoms with E-state index in [0.717, 1.165) is 22.7 Å². The summed E-state index contributed by atoms with van der Waals surface area (Å²) >= 11 is 0. The SMILES string of the molecule is Cc1cccn2cc(-c3ccc(OC(C)N(C(C)C)C(C)C)cc3)nc12. The van der Waals surface area contributed by atoms with Gasteiger partial charge in [0.05, 0.1) is 5.69 Å². The van der Waals surface area contributed by atoms with Gasteiger partial charge in [0.1, 0.15) is 17.6 Å². The average molecular weight is 351 g/mol. The molecule has 0 fully saturated rings. The molecular weight excluding hydrogens is 322 g/mol. The number of aromatic nitrogens is 2. The standard InChI is InChI=1S/C22H29N3O/c1-15(2)25(16(3)4)18(6)26-20-11-9-19(10-12-20)21-14-24-13-7-8-17(5)22(24)23-21/h7-16,18H,1-6H3. The van der Waals surface area contributed by atoms with Gasteiger partial charge in [0.15, 0.2) is 0 Å². The van der Waals surface area contributed by atoms with Crippen molar-refractivity contribution in [3.05, 3.63) is 54.4 Å². The van der Waals surface area contributed by atoms with Gasteiger partial charge in [0, 0.05) is 30.0 Å². The Balaban J connectivity index is 1.78. The molecule has 4 heteroatoms. The molecule has 1 atom stereocenters. The summed E-state index contributed by atoms with van der Waals surface area (Å²) < 4.78 is 8.24. The number of hydrogen-bond donors (Lipinski definition) is 0. The highest BCUT2D eigenvalue weighted by molar-refractivity contribution is 5.64. The van der Waals surface area contributed by atoms with Gasteiger partial charge >= 0.3 is 0 Å². The number of nitrogens with zero attached hydrogens (tertiary/aromatic N) is 3. The highest BCUT2D eigenvalue weighted by atomic mass is 16.5. The molecule has 3 aromatic rings. The van der Waals surface area contributed by atoms with Crippen molar-refractivity contribution in [2.24, 2.45) is 0 Å². The Kier molecular flexibility index (Phi) is 5.33. The molecule has 26 heavy (non-hydrogen) atoms. The molecule has 0 N–H and O–H groups in total. The molecule has 0 radical (unpaired) electrons. The van der Waals surface area contributed by atoms with Crippen LogP contribution in [0.1, 0.15) is 40.2 Å². The lowest BCUT2D eigenvalue weighted by molar-refractivity contribution is -0.00559. The van der Waals surface area contributed by atoms with Crippen LogP contribution >= 0.6 is 0 Å². The smallest absolute Gasteiger partial charge is 0.150 e. The van der Waals surface area contributed by atoms with E-state index in [1.54, 1.807) is 0 Å². The van der Waals surface area contributed by atoms with Crippen LogP contribution < -0.4 is 4.74 Å². The van der Waals surface area contributed by atoms with Crippen LogP contribution in [-0.4, -0.2) is 32.6 Å². The molecule has 1 aromatic carbocycles. The predicted molar refractivity (Wildman–Crippen MR) is 108 cm³/mol. The van der Waals surface area contributed by atoms with Crippen molar-refractivity contribution in [3.63, 3.8) is 0 Å². The Labute approximate surface area is 156 Å². The molecule has 0 spiro atoms. The normalized spacial score (nSPS) is 13.1. The third kappa shape index (κ3) is 3.75. The lowest BCUT2D eigenvalue weighted by Crippen LogP contribution is -2.46. The maximum Gasteiger partial charge on any atom is 0.150 e. The Hall–Kier alpha value is -2.33. The number of ether oxygens (including phenoxy) is 1. The van der Waals surface area contributed by atoms with Crippen molar-refractivity contribution in [2.75, 3.05) is 0 Å². The summed E-state index contributed by atoms with van der Waals surface area (Å²) in [5.41, 5.74) is 4.25. The number of pyridine rings is 1. The number of rotatable bonds is 6. The Morgan fingerprint density at radius 3 is 2.19 bits per heavy atom. The second-order valence-electron chi connectivity index (χ2n) is 7.42. The number of fused-ring (bicyclic) bond motifs is 1. The van der Waals surface area contributed by atoms with Gasteiger partial charge in [0.25, 0.3) is 0 Å². The van der Waals surface area contributed by atoms with Gasteiger partial charge in [-0.05, 0) is 77.4 Å². The van der Waals surface area contributed by atoms with E-state index in [1.807, 2.05) is 24.4 Å². The second kappa shape index (κ2) is 7.50. The van der Waals surface area contributed by atoms with Crippen molar-refractivity contribution in [3.8, 4) is 17.0 Å². The van der Waals surface area contributed by atoms with Crippen LogP contribution in [-0.2, 0) is 0 Å². The van der Waals surface area contributed by atoms with E-state index in [9.17, 15) is 0 Å². The molecule has 0 saturated heterocycles. The molecule has 138 valence electrons. The molecule has 0 bridgehead atoms. The minimum absolute atomic E-state index is 0.0266. The topological polar surface area (TPSA) is 29.8 Å². The molecule has 1 unspecified atom stereocenters. The first-order valence-electron chi connectivity index (χ1n) is 9.35. The minimum Gasteiger partial charge on any atom is -0.475 e. The van der Waals surface area contributed by atoms with Crippen molar-refractivity contribution < 1.29 is 4.74 Å². The average Bonchev–Trinajstić information content (AvgIpc) is 3.00. The fourth-order valence-corrected chi connectivity index (χ4v) is 3.69. The zero-order valence-electron chi connectivity index (χ0n) is 16.6. The van der Waals surface area contributed by atoms with Crippen LogP contribution in [0.3, 0.4) is 0 Å². The quantitative estimate of drug-likeness (QED) is 0.575. The first-order valence-corrected chi connectivity index (χ1v) is 9.35. The second-order valence-corrected chi connectivity index (χ2v) is 7.42. The number of imidazole rings is 1. The lowest BCUT2D eigenvalue weighted by atomic mass is 10.1. The highest BCUT2D eigenvalue weighted by Gasteiger charge is 2.21. The molecule has 2 aromatic heterocycles. The van der Waals surface area contributed by atoms with E-state index in [1.165, 1.54) is 5.56 Å². The van der Waals surface area contributed by atoms with E-state index in [4.69, 9.17) is 9.72 Å². The van der Waals surface area contributed by atoms with Crippen molar-refractivity contribution in [1.29, 1.82) is 0 Å². The van der Waals surface area contributed by atoms with Crippen LogP contribution in [0.5, 0.6) is 5.75 Å². The van der Waals surface area contributed by atoms with Crippen LogP contribution in [0.4, 0.5) is 0 Å². The van der Waals surface area contributed by atoms with Crippen LogP contribution in [0.15, 0.2) is 48.8 Å². The Bertz CT molecular complexity index is 857. The van der Waals surface area contributed by atoms with Gasteiger partial charge in [-0.2, -0.15) is 0 Å². The van der Waals surface area contributed by atoms with Crippen molar-refractivity contribution in [2.45, 2.75) is 59.9 Å². The third-order valence-corrected chi connectivity index (χ3v) is 4.75. The molecule has 2 heterocycles. The van der Waals surface area contributed by atoms with E-state index >= 15 is 0 Å². The number of benzene rings is 1. The lowest BCUT2D eigenvalue weighted by Gasteiger charge is -2.36. The number of hydrogen-bond acceptors (Lipinski definition) is 3. The van der Waals surface area contributed by atoms with Crippen LogP contribution in [0, 0.1) is 6.92 Å². The van der Waals surface area contributed by atoms with Crippen LogP contribution in [0.2, 0.25) is 0 Å². The summed E-state index contributed by atoms with van der Waals surface area (Å²) in [6.07, 6.45) is 4.13. The predicted octanol–water partition coefficient (Wildman–Crippen LogP) is 5.15. The molecule has 0 aliphatic heterocycles. The van der Waals surface area contributed by atoms with E-state index in [-0.39, 0.29) is 6.23 Å². The summed E-state index contributed by atoms with van der Waals surface area (Å²) in [6, 6.07) is 13.2. The Morgan fingerprint density at radius 2 is 1.62 bits per heavy atom. The fourth-order valence-electron chi connectivity index (χ4n) is 3.69. The molecule has 3 rings (SSSR count). The fraction of sp³-hybridized carbons (Fsp3) is 0.409. The van der Waals surface area contributed by atoms with E-state index < -0.39 is 0 Å². The molecule has 0 aliphatic carbocycles. The Morgan fingerprint density at radius 1 is 0.962 bits per heavy atom. The maximum absolute atomic E-state index is 6.17. The molecule has 0 aliphatic rings. The van der Waals surface area contributed by atoms with E-state index in [2.05, 4.69) is 75.2 Å². The summed E-state index contributed by atoms with van der Waals surface area (Å²) in [7, 11) is 0. The van der Waals surface area contributed by atoms with Crippen molar-refractivity contribution >= 4 is 5.65 Å². The van der Waals surface area contributed by atoms with Gasteiger partial charge in [-0.25, -0.2) is 4.98 Å². The summed E-state index contributed by atoms with van der Waals surface area (Å²) in [5.74, 6) is 0.882. The number of aryl methyl sites for hydroxylation is 1. The highest BCUT2D eigenvalue weighted by Crippen LogP contribution is 2.24. The van der Waals surface area contributed by atoms with E-state index in [0.29, 0.717) is 12.1 Å². The monoisotopic (exact) mass is 351 g/mol. The largest absolute Gasteiger partial charge is 0.475 e. The summed E-state index contributed by atoms with van der Waals surface area (Å²) in [5, 5.41) is 0. The first-order chi connectivity index (χ1) is 12.4. The summed E-state index contributed by atoms with van der Waals surface area (Å²) in [6.45, 7) is 13.0. The molecule has 4 nitrogen and oxygen atoms in total. The van der Waals surface area contributed by atoms with Gasteiger partial charge < -0.3 is 9.14 Å². The molecular formula is C22H29N3O. The van der Waals surface area contributed by atoms with Gasteiger partial charge in [-0.3, -0.25) is 4.90 Å². The zero-order valence-corrected chi connectivity index (χ0v) is 16.6. The van der Waals surface area contributed by atoms with Crippen LogP contribution in [0.25, 0.3) is 16.9 Å². The van der Waals surface area contributed by atoms with Gasteiger partial charge in [-0.15, -0.1) is 0 Å².